The van der Waals surface area contributed by atoms with E-state index in [-0.39, 0.29) is 12.4 Å². The summed E-state index contributed by atoms with van der Waals surface area (Å²) < 4.78 is 7.37. The summed E-state index contributed by atoms with van der Waals surface area (Å²) in [6, 6.07) is 0. The highest BCUT2D eigenvalue weighted by molar-refractivity contribution is 5.81. The van der Waals surface area contributed by atoms with Crippen LogP contribution in [-0.2, 0) is 9.57 Å². The average Bonchev–Trinajstić information content (AvgIpc) is 3.13. The Morgan fingerprint density at radius 2 is 2.12 bits per heavy atom. The van der Waals surface area contributed by atoms with Crippen molar-refractivity contribution in [3.8, 4) is 0 Å². The lowest BCUT2D eigenvalue weighted by molar-refractivity contribution is -0.168. The number of nitrogens with zero attached hydrogens (tertiary/aromatic N) is 5. The molecular formula is C14H23N7O4. The number of aromatic nitrogens is 4. The third-order valence-electron chi connectivity index (χ3n) is 4.10. The number of fused-ring (bicyclic) bond motifs is 1. The predicted molar refractivity (Wildman–Crippen MR) is 87.9 cm³/mol. The topological polar surface area (TPSA) is 158 Å². The molecular weight excluding hydrogens is 330 g/mol. The second-order valence-corrected chi connectivity index (χ2v) is 5.92. The van der Waals surface area contributed by atoms with Gasteiger partial charge < -0.3 is 26.4 Å². The zero-order valence-electron chi connectivity index (χ0n) is 13.9. The first kappa shape index (κ1) is 17.9. The molecule has 0 amide bonds. The zero-order valence-corrected chi connectivity index (χ0v) is 13.9. The van der Waals surface area contributed by atoms with E-state index in [0.29, 0.717) is 24.3 Å². The van der Waals surface area contributed by atoms with E-state index in [1.54, 1.807) is 12.1 Å². The van der Waals surface area contributed by atoms with Gasteiger partial charge in [0.25, 0.3) is 0 Å². The number of aliphatic hydroxyl groups excluding tert-OH is 2. The first-order chi connectivity index (χ1) is 12.0. The highest BCUT2D eigenvalue weighted by Crippen LogP contribution is 2.32. The monoisotopic (exact) mass is 353 g/mol. The second kappa shape index (κ2) is 7.56. The molecule has 0 unspecified atom stereocenters. The van der Waals surface area contributed by atoms with Gasteiger partial charge in [-0.3, -0.25) is 9.40 Å². The van der Waals surface area contributed by atoms with Crippen molar-refractivity contribution in [1.29, 1.82) is 0 Å². The van der Waals surface area contributed by atoms with Crippen LogP contribution in [0.25, 0.3) is 11.2 Å². The number of hydrogen-bond acceptors (Lipinski definition) is 10. The molecule has 11 heteroatoms. The smallest absolute Gasteiger partial charge is 0.167 e. The predicted octanol–water partition coefficient (Wildman–Crippen LogP) is -1.76. The molecule has 6 N–H and O–H groups in total. The molecule has 0 saturated carbocycles. The molecule has 0 aromatic carbocycles. The molecule has 1 aliphatic heterocycles. The molecule has 0 spiro atoms. The Morgan fingerprint density at radius 3 is 2.88 bits per heavy atom. The molecule has 0 bridgehead atoms. The molecule has 3 rings (SSSR count). The number of ether oxygens (including phenoxy) is 1. The largest absolute Gasteiger partial charge is 0.387 e. The number of nitrogens with two attached hydrogens (primary N) is 2. The highest BCUT2D eigenvalue weighted by Gasteiger charge is 2.44. The van der Waals surface area contributed by atoms with E-state index in [1.165, 1.54) is 17.2 Å². The Bertz CT molecular complexity index is 712. The number of aliphatic hydroxyl groups is 2. The van der Waals surface area contributed by atoms with E-state index in [0.717, 1.165) is 6.42 Å². The van der Waals surface area contributed by atoms with Gasteiger partial charge in [-0.25, -0.2) is 15.0 Å². The minimum Gasteiger partial charge on any atom is -0.387 e. The van der Waals surface area contributed by atoms with Crippen LogP contribution in [0.1, 0.15) is 12.6 Å². The first-order valence-electron chi connectivity index (χ1n) is 8.01. The SMILES string of the molecule is CN(C[C@H]1O[C@@H](n2cnc3c(N)ncnc32)[C@H](O)[C@@H]1O)OCCCN. The van der Waals surface area contributed by atoms with E-state index in [1.807, 2.05) is 0 Å². The summed E-state index contributed by atoms with van der Waals surface area (Å²) in [5.41, 5.74) is 12.0. The van der Waals surface area contributed by atoms with Crippen molar-refractivity contribution in [2.75, 3.05) is 32.5 Å². The Balaban J connectivity index is 1.72. The first-order valence-corrected chi connectivity index (χ1v) is 8.01. The van der Waals surface area contributed by atoms with Crippen LogP contribution < -0.4 is 11.5 Å². The molecule has 25 heavy (non-hydrogen) atoms. The third kappa shape index (κ3) is 3.56. The minimum atomic E-state index is -1.14. The van der Waals surface area contributed by atoms with Gasteiger partial charge >= 0.3 is 0 Å². The molecule has 4 atom stereocenters. The number of hydrogen-bond donors (Lipinski definition) is 4. The summed E-state index contributed by atoms with van der Waals surface area (Å²) in [6.07, 6.45) is -0.203. The summed E-state index contributed by atoms with van der Waals surface area (Å²) in [5.74, 6) is 0.237. The van der Waals surface area contributed by atoms with Crippen molar-refractivity contribution >= 4 is 17.0 Å². The number of imidazole rings is 1. The molecule has 0 radical (unpaired) electrons. The third-order valence-corrected chi connectivity index (χ3v) is 4.10. The van der Waals surface area contributed by atoms with Crippen molar-refractivity contribution in [3.05, 3.63) is 12.7 Å². The maximum atomic E-state index is 10.4. The number of rotatable bonds is 7. The van der Waals surface area contributed by atoms with Gasteiger partial charge in [-0.05, 0) is 13.0 Å². The number of likely N-dealkylation sites (N-methyl/N-ethyl adjacent to an activating group) is 1. The van der Waals surface area contributed by atoms with Gasteiger partial charge in [0.2, 0.25) is 0 Å². The van der Waals surface area contributed by atoms with Gasteiger partial charge in [-0.15, -0.1) is 0 Å². The van der Waals surface area contributed by atoms with Crippen molar-refractivity contribution < 1.29 is 19.8 Å². The Kier molecular flexibility index (Phi) is 5.42. The van der Waals surface area contributed by atoms with Gasteiger partial charge in [-0.1, -0.05) is 0 Å². The molecule has 1 saturated heterocycles. The van der Waals surface area contributed by atoms with Crippen molar-refractivity contribution in [2.24, 2.45) is 5.73 Å². The van der Waals surface area contributed by atoms with Crippen LogP contribution in [0.2, 0.25) is 0 Å². The minimum absolute atomic E-state index is 0.237. The summed E-state index contributed by atoms with van der Waals surface area (Å²) in [5, 5.41) is 22.2. The molecule has 0 aliphatic carbocycles. The average molecular weight is 353 g/mol. The van der Waals surface area contributed by atoms with E-state index < -0.39 is 24.5 Å². The van der Waals surface area contributed by atoms with Crippen LogP contribution >= 0.6 is 0 Å². The molecule has 1 fully saturated rings. The number of anilines is 1. The van der Waals surface area contributed by atoms with Crippen LogP contribution in [0.15, 0.2) is 12.7 Å². The fourth-order valence-electron chi connectivity index (χ4n) is 2.78. The molecule has 11 nitrogen and oxygen atoms in total. The maximum Gasteiger partial charge on any atom is 0.167 e. The van der Waals surface area contributed by atoms with E-state index in [2.05, 4.69) is 15.0 Å². The highest BCUT2D eigenvalue weighted by atomic mass is 16.7. The van der Waals surface area contributed by atoms with Crippen LogP contribution in [0.5, 0.6) is 0 Å². The molecule has 3 heterocycles. The van der Waals surface area contributed by atoms with Crippen LogP contribution in [0, 0.1) is 0 Å². The summed E-state index contributed by atoms with van der Waals surface area (Å²) >= 11 is 0. The Labute approximate surface area is 144 Å². The molecule has 1 aliphatic rings. The molecule has 2 aromatic rings. The Hall–Kier alpha value is -1.89. The lowest BCUT2D eigenvalue weighted by Gasteiger charge is -2.22. The van der Waals surface area contributed by atoms with Gasteiger partial charge in [0, 0.05) is 7.05 Å². The lowest BCUT2D eigenvalue weighted by atomic mass is 10.1. The second-order valence-electron chi connectivity index (χ2n) is 5.92. The zero-order chi connectivity index (χ0) is 18.0. The molecule has 138 valence electrons. The lowest BCUT2D eigenvalue weighted by Crippen LogP contribution is -2.38. The quantitative estimate of drug-likeness (QED) is 0.332. The van der Waals surface area contributed by atoms with Gasteiger partial charge in [0.05, 0.1) is 19.5 Å². The molecule has 2 aromatic heterocycles. The Morgan fingerprint density at radius 1 is 1.32 bits per heavy atom. The maximum absolute atomic E-state index is 10.4. The van der Waals surface area contributed by atoms with Gasteiger partial charge in [0.15, 0.2) is 17.7 Å². The van der Waals surface area contributed by atoms with E-state index in [4.69, 9.17) is 21.0 Å². The van der Waals surface area contributed by atoms with E-state index in [9.17, 15) is 10.2 Å². The van der Waals surface area contributed by atoms with Crippen molar-refractivity contribution in [3.63, 3.8) is 0 Å². The number of hydroxylamine groups is 2. The fraction of sp³-hybridized carbons (Fsp3) is 0.643. The van der Waals surface area contributed by atoms with Crippen LogP contribution in [0.3, 0.4) is 0 Å². The summed E-state index contributed by atoms with van der Waals surface area (Å²) in [7, 11) is 1.73. The normalized spacial score (nSPS) is 26.8. The van der Waals surface area contributed by atoms with Gasteiger partial charge in [0.1, 0.15) is 30.2 Å². The number of nitrogen functional groups attached to an aromatic ring is 1. The van der Waals surface area contributed by atoms with Crippen LogP contribution in [-0.4, -0.2) is 79.9 Å². The van der Waals surface area contributed by atoms with Crippen LogP contribution in [0.4, 0.5) is 5.82 Å². The standard InChI is InChI=1S/C14H23N7O4/c1-20(24-4-2-3-15)5-8-10(22)11(23)14(25-8)21-7-19-9-12(16)17-6-18-13(9)21/h6-8,10-11,14,22-23H,2-5,15H2,1H3,(H2,16,17,18)/t8-,10-,11-,14-/m1/s1. The van der Waals surface area contributed by atoms with Gasteiger partial charge in [-0.2, -0.15) is 5.06 Å². The van der Waals surface area contributed by atoms with Crippen molar-refractivity contribution in [1.82, 2.24) is 24.6 Å². The van der Waals surface area contributed by atoms with Crippen molar-refractivity contribution in [2.45, 2.75) is 31.0 Å². The summed E-state index contributed by atoms with van der Waals surface area (Å²) in [4.78, 5) is 17.6. The van der Waals surface area contributed by atoms with E-state index >= 15 is 0 Å². The fourth-order valence-corrected chi connectivity index (χ4v) is 2.78. The summed E-state index contributed by atoms with van der Waals surface area (Å²) in [6.45, 7) is 1.29.